The molecule has 0 N–H and O–H groups in total. The van der Waals surface area contributed by atoms with Crippen molar-refractivity contribution in [1.29, 1.82) is 0 Å². The summed E-state index contributed by atoms with van der Waals surface area (Å²) in [4.78, 5) is 11.3. The molecule has 21 heavy (non-hydrogen) atoms. The molecule has 0 aliphatic rings. The molecule has 0 unspecified atom stereocenters. The van der Waals surface area contributed by atoms with E-state index in [0.717, 1.165) is 12.8 Å². The summed E-state index contributed by atoms with van der Waals surface area (Å²) < 4.78 is 30.7. The summed E-state index contributed by atoms with van der Waals surface area (Å²) in [6.07, 6.45) is 10.4. The van der Waals surface area contributed by atoms with Gasteiger partial charge in [0, 0.05) is 6.42 Å². The van der Waals surface area contributed by atoms with Crippen LogP contribution in [0.1, 0.15) is 78.1 Å². The van der Waals surface area contributed by atoms with Gasteiger partial charge >= 0.3 is 45.9 Å². The third kappa shape index (κ3) is 16.6. The summed E-state index contributed by atoms with van der Waals surface area (Å²) >= 11 is 0. The van der Waals surface area contributed by atoms with Gasteiger partial charge in [-0.3, -0.25) is 4.79 Å². The van der Waals surface area contributed by atoms with E-state index in [2.05, 4.69) is 15.3 Å². The molecular weight excluding hydrogens is 303 g/mol. The fourth-order valence-electron chi connectivity index (χ4n) is 1.90. The second kappa shape index (κ2) is 15.3. The van der Waals surface area contributed by atoms with E-state index in [4.69, 9.17) is 0 Å². The Labute approximate surface area is 151 Å². The summed E-state index contributed by atoms with van der Waals surface area (Å²) in [5, 5.41) is 0. The Kier molecular flexibility index (Phi) is 17.2. The van der Waals surface area contributed by atoms with E-state index < -0.39 is 16.4 Å². The Morgan fingerprint density at radius 2 is 1.33 bits per heavy atom. The number of hydrogen-bond acceptors (Lipinski definition) is 5. The van der Waals surface area contributed by atoms with E-state index in [1.807, 2.05) is 0 Å². The molecule has 0 saturated heterocycles. The average Bonchev–Trinajstić information content (AvgIpc) is 2.36. The maximum atomic E-state index is 11.3. The molecule has 0 aromatic rings. The van der Waals surface area contributed by atoms with Crippen molar-refractivity contribution in [3.8, 4) is 0 Å². The van der Waals surface area contributed by atoms with Gasteiger partial charge in [0.25, 0.3) is 0 Å². The van der Waals surface area contributed by atoms with E-state index in [-0.39, 0.29) is 42.6 Å². The van der Waals surface area contributed by atoms with Crippen LogP contribution in [0.5, 0.6) is 0 Å². The van der Waals surface area contributed by atoms with E-state index in [0.29, 0.717) is 6.42 Å². The molecule has 0 fully saturated rings. The summed E-state index contributed by atoms with van der Waals surface area (Å²) in [5.74, 6) is -0.735. The molecule has 122 valence electrons. The van der Waals surface area contributed by atoms with Crippen molar-refractivity contribution >= 4 is 45.9 Å². The Balaban J connectivity index is 0. The van der Waals surface area contributed by atoms with Crippen LogP contribution in [-0.2, 0) is 23.6 Å². The van der Waals surface area contributed by atoms with Crippen LogP contribution in [0, 0.1) is 0 Å². The van der Waals surface area contributed by atoms with Crippen molar-refractivity contribution in [2.75, 3.05) is 6.61 Å². The van der Waals surface area contributed by atoms with Gasteiger partial charge < -0.3 is 4.18 Å². The monoisotopic (exact) mass is 332 g/mol. The van der Waals surface area contributed by atoms with Crippen LogP contribution in [0.4, 0.5) is 0 Å². The molecule has 0 amide bonds. The maximum absolute atomic E-state index is 11.3. The molecule has 5 nitrogen and oxygen atoms in total. The zero-order valence-corrected chi connectivity index (χ0v) is 13.5. The van der Waals surface area contributed by atoms with E-state index in [1.165, 1.54) is 45.4 Å². The van der Waals surface area contributed by atoms with Gasteiger partial charge in [-0.15, -0.1) is 0 Å². The summed E-state index contributed by atoms with van der Waals surface area (Å²) in [7, 11) is -4.14. The van der Waals surface area contributed by atoms with Crippen molar-refractivity contribution in [1.82, 2.24) is 0 Å². The van der Waals surface area contributed by atoms with Crippen LogP contribution < -0.4 is 0 Å². The Bertz CT molecular complexity index is 343. The van der Waals surface area contributed by atoms with Crippen LogP contribution in [-0.4, -0.2) is 50.6 Å². The molecule has 0 radical (unpaired) electrons. The zero-order chi connectivity index (χ0) is 15.3. The molecular formula is C14H29NaO5S. The zero-order valence-electron chi connectivity index (χ0n) is 12.7. The number of unbranched alkanes of at least 4 members (excludes halogenated alkanes) is 8. The number of hydrogen-bond donors (Lipinski definition) is 0. The summed E-state index contributed by atoms with van der Waals surface area (Å²) in [6.45, 7) is 3.68. The van der Waals surface area contributed by atoms with E-state index >= 15 is 0 Å². The van der Waals surface area contributed by atoms with Gasteiger partial charge in [0.2, 0.25) is 0 Å². The number of rotatable bonds is 13. The molecule has 0 aliphatic heterocycles. The van der Waals surface area contributed by atoms with Crippen molar-refractivity contribution in [3.05, 3.63) is 0 Å². The molecule has 7 heteroatoms. The third-order valence-electron chi connectivity index (χ3n) is 2.94. The first-order valence-electron chi connectivity index (χ1n) is 7.63. The van der Waals surface area contributed by atoms with Gasteiger partial charge in [0.15, 0.2) is 0 Å². The van der Waals surface area contributed by atoms with Crippen LogP contribution in [0.25, 0.3) is 0 Å². The standard InChI is InChI=1S/C14H28O5S.Na.H/c1-3-5-6-7-8-9-10-11-12-13-14(15)19-20(16,17)18-4-2;;/h3-13H2,1-2H3;;. The van der Waals surface area contributed by atoms with Crippen molar-refractivity contribution < 1.29 is 21.6 Å². The first-order valence-corrected chi connectivity index (χ1v) is 8.96. The Morgan fingerprint density at radius 3 is 1.81 bits per heavy atom. The van der Waals surface area contributed by atoms with Gasteiger partial charge in [0.05, 0.1) is 6.61 Å². The first kappa shape index (κ1) is 23.6. The summed E-state index contributed by atoms with van der Waals surface area (Å²) in [5.41, 5.74) is 0. The second-order valence-electron chi connectivity index (χ2n) is 4.85. The number of carbonyl (C=O) groups excluding carboxylic acids is 1. The van der Waals surface area contributed by atoms with Gasteiger partial charge in [-0.25, -0.2) is 4.18 Å². The first-order chi connectivity index (χ1) is 9.52. The SMILES string of the molecule is CCCCCCCCCCCC(=O)OS(=O)(=O)OCC.[NaH]. The molecule has 0 rings (SSSR count). The van der Waals surface area contributed by atoms with Crippen LogP contribution >= 0.6 is 0 Å². The van der Waals surface area contributed by atoms with Gasteiger partial charge in [-0.05, 0) is 13.3 Å². The van der Waals surface area contributed by atoms with Crippen molar-refractivity contribution in [2.24, 2.45) is 0 Å². The molecule has 0 spiro atoms. The average molecular weight is 332 g/mol. The molecule has 0 atom stereocenters. The molecule has 0 aliphatic carbocycles. The molecule has 0 saturated carbocycles. The summed E-state index contributed by atoms with van der Waals surface area (Å²) in [6, 6.07) is 0. The van der Waals surface area contributed by atoms with Crippen molar-refractivity contribution in [2.45, 2.75) is 78.1 Å². The van der Waals surface area contributed by atoms with Gasteiger partial charge in [-0.2, -0.15) is 8.42 Å². The normalized spacial score (nSPS) is 11.0. The molecule has 0 heterocycles. The predicted molar refractivity (Wildman–Crippen MR) is 85.6 cm³/mol. The van der Waals surface area contributed by atoms with Crippen LogP contribution in [0.3, 0.4) is 0 Å². The second-order valence-corrected chi connectivity index (χ2v) is 6.07. The Morgan fingerprint density at radius 1 is 0.857 bits per heavy atom. The minimum atomic E-state index is -4.14. The fraction of sp³-hybridized carbons (Fsp3) is 0.929. The minimum absolute atomic E-state index is 0. The number of carbonyl (C=O) groups is 1. The van der Waals surface area contributed by atoms with E-state index in [9.17, 15) is 13.2 Å². The fourth-order valence-corrected chi connectivity index (χ4v) is 2.55. The quantitative estimate of drug-likeness (QED) is 0.383. The molecule has 0 aromatic heterocycles. The third-order valence-corrected chi connectivity index (χ3v) is 3.86. The molecule has 0 bridgehead atoms. The van der Waals surface area contributed by atoms with Crippen molar-refractivity contribution in [3.63, 3.8) is 0 Å². The van der Waals surface area contributed by atoms with Gasteiger partial charge in [-0.1, -0.05) is 58.3 Å². The topological polar surface area (TPSA) is 69.7 Å². The predicted octanol–water partition coefficient (Wildman–Crippen LogP) is 3.08. The Hall–Kier alpha value is 0.380. The van der Waals surface area contributed by atoms with Gasteiger partial charge in [0.1, 0.15) is 0 Å². The van der Waals surface area contributed by atoms with Crippen LogP contribution in [0.2, 0.25) is 0 Å². The van der Waals surface area contributed by atoms with E-state index in [1.54, 1.807) is 0 Å². The molecule has 0 aromatic carbocycles. The van der Waals surface area contributed by atoms with Crippen LogP contribution in [0.15, 0.2) is 0 Å².